The molecule has 206 valence electrons. The van der Waals surface area contributed by atoms with Crippen LogP contribution in [0.5, 0.6) is 0 Å². The Balaban J connectivity index is 1.54. The quantitative estimate of drug-likeness (QED) is 0.205. The van der Waals surface area contributed by atoms with Crippen LogP contribution in [0.1, 0.15) is 75.8 Å². The predicted octanol–water partition coefficient (Wildman–Crippen LogP) is 6.19. The number of methoxy groups -OCH3 is 1. The number of thioether (sulfide) groups is 1. The van der Waals surface area contributed by atoms with Gasteiger partial charge in [0.25, 0.3) is 0 Å². The number of ketones is 1. The summed E-state index contributed by atoms with van der Waals surface area (Å²) in [7, 11) is 1.76. The molecule has 0 unspecified atom stereocenters. The number of fused-ring (bicyclic) bond motifs is 4. The number of allylic oxidation sites excluding steroid dienone is 4. The van der Waals surface area contributed by atoms with Crippen molar-refractivity contribution in [1.82, 2.24) is 0 Å². The number of benzene rings is 1. The SMILES string of the molecule is CCSC(=O)O/N=C/c1ccc([C@H]2C[C@@]3(C)[C@@H](CC[C@]3(C#CCO)OC)[C@@H]3CCC4=CC(=O)CCC4=C32)cc1. The summed E-state index contributed by atoms with van der Waals surface area (Å²) in [4.78, 5) is 28.8. The van der Waals surface area contributed by atoms with Crippen molar-refractivity contribution in [2.75, 3.05) is 19.5 Å². The molecule has 0 heterocycles. The molecule has 6 nitrogen and oxygen atoms in total. The van der Waals surface area contributed by atoms with Gasteiger partial charge in [0, 0.05) is 30.6 Å². The fraction of sp³-hybridized carbons (Fsp3) is 0.531. The van der Waals surface area contributed by atoms with Crippen molar-refractivity contribution < 1.29 is 24.3 Å². The maximum absolute atomic E-state index is 12.3. The third kappa shape index (κ3) is 5.03. The van der Waals surface area contributed by atoms with Crippen molar-refractivity contribution >= 4 is 29.1 Å². The van der Waals surface area contributed by atoms with Crippen molar-refractivity contribution in [1.29, 1.82) is 0 Å². The first kappa shape index (κ1) is 27.9. The number of ether oxygens (including phenoxy) is 1. The first-order valence-corrected chi connectivity index (χ1v) is 14.9. The van der Waals surface area contributed by atoms with Crippen LogP contribution in [0.2, 0.25) is 0 Å². The van der Waals surface area contributed by atoms with Gasteiger partial charge in [-0.3, -0.25) is 4.79 Å². The molecule has 5 rings (SSSR count). The normalized spacial score (nSPS) is 31.6. The van der Waals surface area contributed by atoms with Gasteiger partial charge in [-0.15, -0.1) is 0 Å². The van der Waals surface area contributed by atoms with E-state index in [1.54, 1.807) is 13.3 Å². The predicted molar refractivity (Wildman–Crippen MR) is 154 cm³/mol. The summed E-state index contributed by atoms with van der Waals surface area (Å²) in [6, 6.07) is 8.33. The van der Waals surface area contributed by atoms with Crippen LogP contribution in [0, 0.1) is 29.1 Å². The second-order valence-electron chi connectivity index (χ2n) is 11.2. The van der Waals surface area contributed by atoms with Crippen molar-refractivity contribution in [3.8, 4) is 11.8 Å². The lowest BCUT2D eigenvalue weighted by atomic mass is 9.51. The summed E-state index contributed by atoms with van der Waals surface area (Å²) in [5.74, 6) is 8.20. The molecule has 2 saturated carbocycles. The topological polar surface area (TPSA) is 85.2 Å². The fourth-order valence-corrected chi connectivity index (χ4v) is 8.14. The van der Waals surface area contributed by atoms with E-state index < -0.39 is 10.9 Å². The van der Waals surface area contributed by atoms with Gasteiger partial charge in [-0.2, -0.15) is 0 Å². The van der Waals surface area contributed by atoms with E-state index >= 15 is 0 Å². The highest BCUT2D eigenvalue weighted by Gasteiger charge is 2.63. The van der Waals surface area contributed by atoms with Crippen LogP contribution in [-0.2, 0) is 14.4 Å². The average Bonchev–Trinajstić information content (AvgIpc) is 3.23. The number of oxime groups is 1. The standard InChI is InChI=1S/C32H37NO5S/c1-4-39-30(36)38-33-20-21-6-8-22(9-7-21)27-19-31(2)28(14-16-32(31,37-3)15-5-17-34)26-12-10-23-18-24(35)11-13-25(23)29(26)27/h6-9,18,20,26-28,34H,4,10-14,16-17,19H2,1-3H3/b33-20+/t26-,27+,28-,31-,32-/m0/s1. The average molecular weight is 548 g/mol. The number of hydrogen-bond acceptors (Lipinski definition) is 7. The van der Waals surface area contributed by atoms with Crippen LogP contribution < -0.4 is 0 Å². The Hall–Kier alpha value is -2.66. The van der Waals surface area contributed by atoms with E-state index in [1.165, 1.54) is 22.3 Å². The van der Waals surface area contributed by atoms with E-state index in [0.717, 1.165) is 55.9 Å². The van der Waals surface area contributed by atoms with Crippen molar-refractivity contribution in [2.45, 2.75) is 70.3 Å². The molecule has 1 aromatic rings. The maximum atomic E-state index is 12.3. The summed E-state index contributed by atoms with van der Waals surface area (Å²) >= 11 is 1.08. The number of nitrogens with zero attached hydrogens (tertiary/aromatic N) is 1. The number of aliphatic hydroxyl groups is 1. The Morgan fingerprint density at radius 1 is 1.23 bits per heavy atom. The molecule has 0 saturated heterocycles. The van der Waals surface area contributed by atoms with E-state index in [-0.39, 0.29) is 23.7 Å². The fourth-order valence-electron chi connectivity index (χ4n) is 7.81. The molecule has 4 aliphatic rings. The first-order valence-electron chi connectivity index (χ1n) is 14.0. The zero-order valence-corrected chi connectivity index (χ0v) is 23.8. The number of hydrogen-bond donors (Lipinski definition) is 1. The summed E-state index contributed by atoms with van der Waals surface area (Å²) in [6.07, 6.45) is 9.63. The lowest BCUT2D eigenvalue weighted by Gasteiger charge is -2.54. The van der Waals surface area contributed by atoms with Crippen molar-refractivity contribution in [3.05, 3.63) is 58.2 Å². The van der Waals surface area contributed by atoms with Crippen LogP contribution in [0.4, 0.5) is 4.79 Å². The third-order valence-corrected chi connectivity index (χ3v) is 10.1. The molecule has 39 heavy (non-hydrogen) atoms. The first-order chi connectivity index (χ1) is 18.9. The van der Waals surface area contributed by atoms with Gasteiger partial charge in [0.2, 0.25) is 0 Å². The number of rotatable bonds is 5. The van der Waals surface area contributed by atoms with Crippen LogP contribution in [0.3, 0.4) is 0 Å². The van der Waals surface area contributed by atoms with E-state index in [0.29, 0.717) is 24.0 Å². The van der Waals surface area contributed by atoms with Crippen LogP contribution in [-0.4, -0.2) is 47.5 Å². The van der Waals surface area contributed by atoms with Crippen molar-refractivity contribution in [3.63, 3.8) is 0 Å². The Kier molecular flexibility index (Phi) is 8.19. The highest BCUT2D eigenvalue weighted by molar-refractivity contribution is 8.13. The minimum atomic E-state index is -0.597. The monoisotopic (exact) mass is 547 g/mol. The van der Waals surface area contributed by atoms with E-state index in [1.807, 2.05) is 25.1 Å². The minimum Gasteiger partial charge on any atom is -0.384 e. The highest BCUT2D eigenvalue weighted by atomic mass is 32.2. The molecule has 1 N–H and O–H groups in total. The molecule has 0 spiro atoms. The van der Waals surface area contributed by atoms with Gasteiger partial charge >= 0.3 is 5.30 Å². The van der Waals surface area contributed by atoms with E-state index in [2.05, 4.69) is 36.1 Å². The summed E-state index contributed by atoms with van der Waals surface area (Å²) < 4.78 is 6.24. The molecule has 4 aliphatic carbocycles. The second kappa shape index (κ2) is 11.4. The maximum Gasteiger partial charge on any atom is 0.393 e. The molecule has 0 aromatic heterocycles. The molecular formula is C32H37NO5S. The largest absolute Gasteiger partial charge is 0.393 e. The Bertz CT molecular complexity index is 1290. The van der Waals surface area contributed by atoms with Gasteiger partial charge in [-0.1, -0.05) is 60.7 Å². The molecule has 7 heteroatoms. The van der Waals surface area contributed by atoms with Gasteiger partial charge in [0.15, 0.2) is 5.78 Å². The van der Waals surface area contributed by atoms with Gasteiger partial charge < -0.3 is 14.7 Å². The van der Waals surface area contributed by atoms with Crippen LogP contribution in [0.15, 0.2) is 52.2 Å². The molecule has 2 fully saturated rings. The molecule has 0 bridgehead atoms. The lowest BCUT2D eigenvalue weighted by Crippen LogP contribution is -2.52. The molecule has 5 atom stereocenters. The molecule has 1 aromatic carbocycles. The number of carbonyl (C=O) groups is 2. The highest BCUT2D eigenvalue weighted by Crippen LogP contribution is 2.67. The zero-order chi connectivity index (χ0) is 27.6. The molecular weight excluding hydrogens is 510 g/mol. The van der Waals surface area contributed by atoms with Gasteiger partial charge in [-0.25, -0.2) is 4.79 Å². The minimum absolute atomic E-state index is 0.175. The molecule has 0 radical (unpaired) electrons. The smallest absolute Gasteiger partial charge is 0.384 e. The molecule has 0 amide bonds. The Labute approximate surface area is 235 Å². The summed E-state index contributed by atoms with van der Waals surface area (Å²) in [5.41, 5.74) is 5.45. The van der Waals surface area contributed by atoms with Gasteiger partial charge in [-0.05, 0) is 90.5 Å². The van der Waals surface area contributed by atoms with E-state index in [4.69, 9.17) is 9.57 Å². The molecule has 0 aliphatic heterocycles. The number of carbonyl (C=O) groups excluding carboxylic acids is 2. The Morgan fingerprint density at radius 3 is 2.74 bits per heavy atom. The van der Waals surface area contributed by atoms with Crippen LogP contribution >= 0.6 is 11.8 Å². The third-order valence-electron chi connectivity index (χ3n) is 9.50. The second-order valence-corrected chi connectivity index (χ2v) is 12.4. The van der Waals surface area contributed by atoms with E-state index in [9.17, 15) is 14.7 Å². The lowest BCUT2D eigenvalue weighted by molar-refractivity contribution is -0.114. The Morgan fingerprint density at radius 2 is 2.03 bits per heavy atom. The van der Waals surface area contributed by atoms with Gasteiger partial charge in [0.05, 0.1) is 6.21 Å². The van der Waals surface area contributed by atoms with Crippen LogP contribution in [0.25, 0.3) is 0 Å². The number of aliphatic hydroxyl groups excluding tert-OH is 1. The summed E-state index contributed by atoms with van der Waals surface area (Å²) in [5, 5.41) is 13.0. The zero-order valence-electron chi connectivity index (χ0n) is 23.0. The summed E-state index contributed by atoms with van der Waals surface area (Å²) in [6.45, 7) is 4.06. The van der Waals surface area contributed by atoms with Crippen molar-refractivity contribution in [2.24, 2.45) is 22.4 Å². The van der Waals surface area contributed by atoms with Gasteiger partial charge in [0.1, 0.15) is 12.2 Å².